The molecule has 15 heavy (non-hydrogen) atoms. The highest BCUT2D eigenvalue weighted by Crippen LogP contribution is 2.14. The molecule has 0 aliphatic carbocycles. The molecule has 82 valence electrons. The molecule has 1 aromatic rings. The van der Waals surface area contributed by atoms with Gasteiger partial charge in [0.15, 0.2) is 0 Å². The number of amides is 1. The van der Waals surface area contributed by atoms with Gasteiger partial charge in [-0.25, -0.2) is 0 Å². The molecule has 0 radical (unpaired) electrons. The quantitative estimate of drug-likeness (QED) is 0.790. The Labute approximate surface area is 90.1 Å². The van der Waals surface area contributed by atoms with Gasteiger partial charge < -0.3 is 10.4 Å². The summed E-state index contributed by atoms with van der Waals surface area (Å²) in [6.07, 6.45) is 0.490. The summed E-state index contributed by atoms with van der Waals surface area (Å²) in [5.41, 5.74) is 1.88. The zero-order chi connectivity index (χ0) is 11.3. The largest absolute Gasteiger partial charge is 0.392 e. The van der Waals surface area contributed by atoms with E-state index in [0.29, 0.717) is 6.42 Å². The van der Waals surface area contributed by atoms with Gasteiger partial charge in [-0.2, -0.15) is 0 Å². The molecule has 0 bridgehead atoms. The monoisotopic (exact) mass is 207 g/mol. The van der Waals surface area contributed by atoms with E-state index in [-0.39, 0.29) is 18.6 Å². The van der Waals surface area contributed by atoms with Crippen molar-refractivity contribution in [2.75, 3.05) is 0 Å². The Balaban J connectivity index is 2.72. The second-order valence-corrected chi connectivity index (χ2v) is 3.55. The van der Waals surface area contributed by atoms with E-state index in [9.17, 15) is 4.79 Å². The highest BCUT2D eigenvalue weighted by atomic mass is 16.3. The van der Waals surface area contributed by atoms with Crippen molar-refractivity contribution in [3.63, 3.8) is 0 Å². The molecule has 0 unspecified atom stereocenters. The minimum atomic E-state index is -0.0102. The first-order valence-corrected chi connectivity index (χ1v) is 5.16. The SMILES string of the molecule is CCC(=O)N[C@H](C)c1cccc(CO)c1. The average molecular weight is 207 g/mol. The third kappa shape index (κ3) is 3.36. The molecular weight excluding hydrogens is 190 g/mol. The van der Waals surface area contributed by atoms with E-state index in [4.69, 9.17) is 5.11 Å². The number of hydrogen-bond acceptors (Lipinski definition) is 2. The number of benzene rings is 1. The maximum Gasteiger partial charge on any atom is 0.220 e. The Morgan fingerprint density at radius 2 is 2.27 bits per heavy atom. The Morgan fingerprint density at radius 1 is 1.53 bits per heavy atom. The van der Waals surface area contributed by atoms with Gasteiger partial charge in [0.1, 0.15) is 0 Å². The van der Waals surface area contributed by atoms with E-state index in [0.717, 1.165) is 11.1 Å². The molecule has 0 heterocycles. The van der Waals surface area contributed by atoms with Crippen molar-refractivity contribution in [2.24, 2.45) is 0 Å². The topological polar surface area (TPSA) is 49.3 Å². The summed E-state index contributed by atoms with van der Waals surface area (Å²) < 4.78 is 0. The van der Waals surface area contributed by atoms with Crippen LogP contribution >= 0.6 is 0 Å². The lowest BCUT2D eigenvalue weighted by Crippen LogP contribution is -2.25. The number of nitrogens with one attached hydrogen (secondary N) is 1. The van der Waals surface area contributed by atoms with Crippen LogP contribution in [0.5, 0.6) is 0 Å². The molecule has 0 fully saturated rings. The van der Waals surface area contributed by atoms with E-state index in [1.54, 1.807) is 0 Å². The zero-order valence-corrected chi connectivity index (χ0v) is 9.16. The summed E-state index contributed by atoms with van der Waals surface area (Å²) in [6, 6.07) is 7.58. The van der Waals surface area contributed by atoms with Crippen molar-refractivity contribution >= 4 is 5.91 Å². The number of aliphatic hydroxyl groups is 1. The van der Waals surface area contributed by atoms with Gasteiger partial charge >= 0.3 is 0 Å². The summed E-state index contributed by atoms with van der Waals surface area (Å²) >= 11 is 0. The Bertz CT molecular complexity index is 336. The predicted octanol–water partition coefficient (Wildman–Crippen LogP) is 1.77. The third-order valence-electron chi connectivity index (χ3n) is 2.33. The zero-order valence-electron chi connectivity index (χ0n) is 9.16. The van der Waals surface area contributed by atoms with Gasteiger partial charge in [0.05, 0.1) is 12.6 Å². The van der Waals surface area contributed by atoms with E-state index in [1.165, 1.54) is 0 Å². The third-order valence-corrected chi connectivity index (χ3v) is 2.33. The summed E-state index contributed by atoms with van der Waals surface area (Å²) in [4.78, 5) is 11.2. The van der Waals surface area contributed by atoms with E-state index >= 15 is 0 Å². The molecule has 0 aromatic heterocycles. The average Bonchev–Trinajstić information content (AvgIpc) is 2.28. The van der Waals surface area contributed by atoms with Gasteiger partial charge in [-0.05, 0) is 18.1 Å². The maximum absolute atomic E-state index is 11.2. The van der Waals surface area contributed by atoms with Crippen molar-refractivity contribution in [1.29, 1.82) is 0 Å². The standard InChI is InChI=1S/C12H17NO2/c1-3-12(15)13-9(2)11-6-4-5-10(7-11)8-14/h4-7,9,14H,3,8H2,1-2H3,(H,13,15)/t9-/m1/s1. The Kier molecular flexibility index (Phi) is 4.31. The molecule has 0 saturated carbocycles. The van der Waals surface area contributed by atoms with Crippen molar-refractivity contribution in [3.05, 3.63) is 35.4 Å². The van der Waals surface area contributed by atoms with Gasteiger partial charge in [-0.3, -0.25) is 4.79 Å². The van der Waals surface area contributed by atoms with Crippen molar-refractivity contribution < 1.29 is 9.90 Å². The minimum absolute atomic E-state index is 0.0102. The Morgan fingerprint density at radius 3 is 2.87 bits per heavy atom. The fraction of sp³-hybridized carbons (Fsp3) is 0.417. The first-order valence-electron chi connectivity index (χ1n) is 5.16. The molecule has 1 atom stereocenters. The van der Waals surface area contributed by atoms with E-state index < -0.39 is 0 Å². The van der Waals surface area contributed by atoms with Crippen LogP contribution in [-0.2, 0) is 11.4 Å². The maximum atomic E-state index is 11.2. The summed E-state index contributed by atoms with van der Waals surface area (Å²) in [5.74, 6) is 0.0388. The normalized spacial score (nSPS) is 12.2. The molecule has 0 aliphatic heterocycles. The lowest BCUT2D eigenvalue weighted by molar-refractivity contribution is -0.121. The molecule has 3 heteroatoms. The minimum Gasteiger partial charge on any atom is -0.392 e. The molecule has 0 aliphatic rings. The molecular formula is C12H17NO2. The number of carbonyl (C=O) groups is 1. The second kappa shape index (κ2) is 5.51. The van der Waals surface area contributed by atoms with Crippen molar-refractivity contribution in [3.8, 4) is 0 Å². The Hall–Kier alpha value is -1.35. The van der Waals surface area contributed by atoms with Gasteiger partial charge in [0.2, 0.25) is 5.91 Å². The van der Waals surface area contributed by atoms with Crippen LogP contribution in [0.1, 0.15) is 37.4 Å². The van der Waals surface area contributed by atoms with Crippen LogP contribution in [0.25, 0.3) is 0 Å². The van der Waals surface area contributed by atoms with Crippen LogP contribution < -0.4 is 5.32 Å². The molecule has 0 saturated heterocycles. The van der Waals surface area contributed by atoms with Gasteiger partial charge in [0.25, 0.3) is 0 Å². The van der Waals surface area contributed by atoms with Gasteiger partial charge in [-0.1, -0.05) is 31.2 Å². The van der Waals surface area contributed by atoms with Crippen molar-refractivity contribution in [2.45, 2.75) is 32.9 Å². The molecule has 0 spiro atoms. The van der Waals surface area contributed by atoms with Gasteiger partial charge in [0, 0.05) is 6.42 Å². The van der Waals surface area contributed by atoms with E-state index in [1.807, 2.05) is 38.1 Å². The molecule has 2 N–H and O–H groups in total. The summed E-state index contributed by atoms with van der Waals surface area (Å²) in [7, 11) is 0. The highest BCUT2D eigenvalue weighted by molar-refractivity contribution is 5.75. The lowest BCUT2D eigenvalue weighted by Gasteiger charge is -2.14. The fourth-order valence-corrected chi connectivity index (χ4v) is 1.39. The summed E-state index contributed by atoms with van der Waals surface area (Å²) in [5, 5.41) is 11.9. The first kappa shape index (κ1) is 11.7. The number of carbonyl (C=O) groups excluding carboxylic acids is 1. The lowest BCUT2D eigenvalue weighted by atomic mass is 10.1. The van der Waals surface area contributed by atoms with Crippen LogP contribution in [0.15, 0.2) is 24.3 Å². The van der Waals surface area contributed by atoms with Crippen LogP contribution in [-0.4, -0.2) is 11.0 Å². The highest BCUT2D eigenvalue weighted by Gasteiger charge is 2.07. The number of rotatable bonds is 4. The number of aliphatic hydroxyl groups excluding tert-OH is 1. The van der Waals surface area contributed by atoms with Crippen molar-refractivity contribution in [1.82, 2.24) is 5.32 Å². The fourth-order valence-electron chi connectivity index (χ4n) is 1.39. The van der Waals surface area contributed by atoms with E-state index in [2.05, 4.69) is 5.32 Å². The smallest absolute Gasteiger partial charge is 0.220 e. The molecule has 3 nitrogen and oxygen atoms in total. The molecule has 1 aromatic carbocycles. The summed E-state index contributed by atoms with van der Waals surface area (Å²) in [6.45, 7) is 3.79. The first-order chi connectivity index (χ1) is 7.17. The molecule has 1 rings (SSSR count). The number of hydrogen-bond donors (Lipinski definition) is 2. The van der Waals surface area contributed by atoms with Crippen LogP contribution in [0.3, 0.4) is 0 Å². The predicted molar refractivity (Wildman–Crippen MR) is 59.2 cm³/mol. The van der Waals surface area contributed by atoms with Crippen LogP contribution in [0, 0.1) is 0 Å². The van der Waals surface area contributed by atoms with Crippen LogP contribution in [0.4, 0.5) is 0 Å². The van der Waals surface area contributed by atoms with Crippen LogP contribution in [0.2, 0.25) is 0 Å². The second-order valence-electron chi connectivity index (χ2n) is 3.55. The van der Waals surface area contributed by atoms with Gasteiger partial charge in [-0.15, -0.1) is 0 Å². The molecule has 1 amide bonds.